The number of thiophene rings is 1. The van der Waals surface area contributed by atoms with E-state index in [0.29, 0.717) is 13.0 Å². The molecule has 1 fully saturated rings. The molecule has 0 radical (unpaired) electrons. The summed E-state index contributed by atoms with van der Waals surface area (Å²) in [5.41, 5.74) is 6.49. The number of carbonyl (C=O) groups is 2. The third-order valence-corrected chi connectivity index (χ3v) is 4.52. The van der Waals surface area contributed by atoms with E-state index < -0.39 is 0 Å². The number of hydrogen-bond acceptors (Lipinski definition) is 3. The highest BCUT2D eigenvalue weighted by atomic mass is 32.1. The SMILES string of the molecule is C[C@@H](Cc1ccsc1)NC(=O)N1CCC[C@H](CC(N)=O)C1. The van der Waals surface area contributed by atoms with Crippen LogP contribution in [0.1, 0.15) is 31.7 Å². The zero-order valence-corrected chi connectivity index (χ0v) is 13.2. The highest BCUT2D eigenvalue weighted by Gasteiger charge is 2.25. The second kappa shape index (κ2) is 7.45. The van der Waals surface area contributed by atoms with Gasteiger partial charge in [-0.2, -0.15) is 11.3 Å². The van der Waals surface area contributed by atoms with E-state index in [1.165, 1.54) is 5.56 Å². The van der Waals surface area contributed by atoms with Crippen LogP contribution in [0.15, 0.2) is 16.8 Å². The lowest BCUT2D eigenvalue weighted by molar-refractivity contribution is -0.119. The van der Waals surface area contributed by atoms with Crippen molar-refractivity contribution in [3.63, 3.8) is 0 Å². The average Bonchev–Trinajstić information content (AvgIpc) is 2.90. The van der Waals surface area contributed by atoms with Crippen molar-refractivity contribution >= 4 is 23.3 Å². The average molecular weight is 309 g/mol. The van der Waals surface area contributed by atoms with E-state index in [1.807, 2.05) is 12.3 Å². The van der Waals surface area contributed by atoms with Crippen molar-refractivity contribution in [1.29, 1.82) is 0 Å². The van der Waals surface area contributed by atoms with E-state index in [4.69, 9.17) is 5.73 Å². The second-order valence-electron chi connectivity index (χ2n) is 5.81. The van der Waals surface area contributed by atoms with E-state index in [2.05, 4.69) is 16.8 Å². The Balaban J connectivity index is 1.80. The van der Waals surface area contributed by atoms with Gasteiger partial charge in [0.15, 0.2) is 0 Å². The number of carbonyl (C=O) groups excluding carboxylic acids is 2. The topological polar surface area (TPSA) is 75.4 Å². The molecule has 5 nitrogen and oxygen atoms in total. The van der Waals surface area contributed by atoms with E-state index >= 15 is 0 Å². The van der Waals surface area contributed by atoms with Gasteiger partial charge < -0.3 is 16.0 Å². The predicted molar refractivity (Wildman–Crippen MR) is 84.1 cm³/mol. The minimum atomic E-state index is -0.284. The minimum absolute atomic E-state index is 0.0353. The molecule has 21 heavy (non-hydrogen) atoms. The first-order chi connectivity index (χ1) is 10.0. The minimum Gasteiger partial charge on any atom is -0.370 e. The zero-order chi connectivity index (χ0) is 15.2. The number of amides is 3. The molecule has 3 amide bonds. The number of rotatable bonds is 5. The predicted octanol–water partition coefficient (Wildman–Crippen LogP) is 1.98. The third kappa shape index (κ3) is 5.04. The number of urea groups is 1. The van der Waals surface area contributed by atoms with Crippen LogP contribution >= 0.6 is 11.3 Å². The highest BCUT2D eigenvalue weighted by molar-refractivity contribution is 7.07. The van der Waals surface area contributed by atoms with Crippen molar-refractivity contribution in [3.05, 3.63) is 22.4 Å². The van der Waals surface area contributed by atoms with E-state index in [-0.39, 0.29) is 23.9 Å². The molecule has 0 aliphatic carbocycles. The van der Waals surface area contributed by atoms with Crippen LogP contribution in [-0.4, -0.2) is 36.0 Å². The molecule has 2 atom stereocenters. The fraction of sp³-hybridized carbons (Fsp3) is 0.600. The maximum atomic E-state index is 12.3. The molecule has 1 aliphatic rings. The van der Waals surface area contributed by atoms with Crippen LogP contribution in [0, 0.1) is 5.92 Å². The van der Waals surface area contributed by atoms with Gasteiger partial charge in [-0.1, -0.05) is 0 Å². The lowest BCUT2D eigenvalue weighted by atomic mass is 9.95. The summed E-state index contributed by atoms with van der Waals surface area (Å²) < 4.78 is 0. The van der Waals surface area contributed by atoms with Crippen molar-refractivity contribution in [1.82, 2.24) is 10.2 Å². The van der Waals surface area contributed by atoms with Crippen LogP contribution < -0.4 is 11.1 Å². The van der Waals surface area contributed by atoms with Gasteiger partial charge in [0.1, 0.15) is 0 Å². The molecule has 0 aromatic carbocycles. The van der Waals surface area contributed by atoms with Gasteiger partial charge in [-0.15, -0.1) is 0 Å². The Labute approximate surface area is 129 Å². The molecule has 0 saturated carbocycles. The molecule has 0 spiro atoms. The number of likely N-dealkylation sites (tertiary alicyclic amines) is 1. The first kappa shape index (κ1) is 15.8. The van der Waals surface area contributed by atoms with Crippen LogP contribution in [0.5, 0.6) is 0 Å². The first-order valence-corrected chi connectivity index (χ1v) is 8.33. The van der Waals surface area contributed by atoms with Crippen molar-refractivity contribution in [3.8, 4) is 0 Å². The molecule has 116 valence electrons. The van der Waals surface area contributed by atoms with Gasteiger partial charge >= 0.3 is 6.03 Å². The van der Waals surface area contributed by atoms with Crippen molar-refractivity contribution in [2.75, 3.05) is 13.1 Å². The van der Waals surface area contributed by atoms with Gasteiger partial charge in [0, 0.05) is 25.6 Å². The summed E-state index contributed by atoms with van der Waals surface area (Å²) in [5.74, 6) is -0.0812. The largest absolute Gasteiger partial charge is 0.370 e. The number of hydrogen-bond donors (Lipinski definition) is 2. The van der Waals surface area contributed by atoms with Crippen molar-refractivity contribution < 1.29 is 9.59 Å². The standard InChI is InChI=1S/C15H23N3O2S/c1-11(7-13-4-6-21-10-13)17-15(20)18-5-2-3-12(9-18)8-14(16)19/h4,6,10-12H,2-3,5,7-9H2,1H3,(H2,16,19)(H,17,20)/t11-,12+/m0/s1. The second-order valence-corrected chi connectivity index (χ2v) is 6.59. The molecule has 1 aliphatic heterocycles. The quantitative estimate of drug-likeness (QED) is 0.872. The van der Waals surface area contributed by atoms with Crippen LogP contribution in [-0.2, 0) is 11.2 Å². The van der Waals surface area contributed by atoms with Crippen LogP contribution in [0.25, 0.3) is 0 Å². The number of nitrogens with one attached hydrogen (secondary N) is 1. The Morgan fingerprint density at radius 3 is 3.05 bits per heavy atom. The Bertz CT molecular complexity index is 475. The smallest absolute Gasteiger partial charge is 0.317 e. The van der Waals surface area contributed by atoms with Crippen LogP contribution in [0.2, 0.25) is 0 Å². The summed E-state index contributed by atoms with van der Waals surface area (Å²) in [7, 11) is 0. The van der Waals surface area contributed by atoms with Crippen LogP contribution in [0.3, 0.4) is 0 Å². The summed E-state index contributed by atoms with van der Waals surface area (Å²) >= 11 is 1.67. The normalized spacial score (nSPS) is 20.0. The molecule has 2 rings (SSSR count). The van der Waals surface area contributed by atoms with Crippen LogP contribution in [0.4, 0.5) is 4.79 Å². The van der Waals surface area contributed by atoms with E-state index in [0.717, 1.165) is 25.8 Å². The molecule has 0 bridgehead atoms. The highest BCUT2D eigenvalue weighted by Crippen LogP contribution is 2.19. The van der Waals surface area contributed by atoms with Gasteiger partial charge in [-0.05, 0) is 54.5 Å². The summed E-state index contributed by atoms with van der Waals surface area (Å²) in [6.45, 7) is 3.40. The molecule has 6 heteroatoms. The molecule has 1 aromatic heterocycles. The lowest BCUT2D eigenvalue weighted by Gasteiger charge is -2.33. The molecule has 0 unspecified atom stereocenters. The Morgan fingerprint density at radius 2 is 2.38 bits per heavy atom. The van der Waals surface area contributed by atoms with Gasteiger partial charge in [0.2, 0.25) is 5.91 Å². The molecule has 1 saturated heterocycles. The van der Waals surface area contributed by atoms with E-state index in [9.17, 15) is 9.59 Å². The number of nitrogens with zero attached hydrogens (tertiary/aromatic N) is 1. The zero-order valence-electron chi connectivity index (χ0n) is 12.4. The third-order valence-electron chi connectivity index (χ3n) is 3.79. The fourth-order valence-corrected chi connectivity index (χ4v) is 3.50. The summed E-state index contributed by atoms with van der Waals surface area (Å²) in [6, 6.07) is 2.15. The molecular weight excluding hydrogens is 286 g/mol. The van der Waals surface area contributed by atoms with Crippen molar-refractivity contribution in [2.45, 2.75) is 38.6 Å². The monoisotopic (exact) mass is 309 g/mol. The summed E-state index contributed by atoms with van der Waals surface area (Å²) in [6.07, 6.45) is 3.11. The maximum Gasteiger partial charge on any atom is 0.317 e. The first-order valence-electron chi connectivity index (χ1n) is 7.39. The lowest BCUT2D eigenvalue weighted by Crippen LogP contribution is -2.48. The van der Waals surface area contributed by atoms with Gasteiger partial charge in [-0.3, -0.25) is 4.79 Å². The summed E-state index contributed by atoms with van der Waals surface area (Å²) in [4.78, 5) is 25.1. The summed E-state index contributed by atoms with van der Waals surface area (Å²) in [5, 5.41) is 7.19. The number of piperidine rings is 1. The van der Waals surface area contributed by atoms with E-state index in [1.54, 1.807) is 16.2 Å². The number of primary amides is 1. The molecule has 3 N–H and O–H groups in total. The van der Waals surface area contributed by atoms with Gasteiger partial charge in [0.25, 0.3) is 0 Å². The maximum absolute atomic E-state index is 12.3. The fourth-order valence-electron chi connectivity index (χ4n) is 2.82. The Morgan fingerprint density at radius 1 is 1.57 bits per heavy atom. The van der Waals surface area contributed by atoms with Gasteiger partial charge in [-0.25, -0.2) is 4.79 Å². The Kier molecular flexibility index (Phi) is 5.61. The van der Waals surface area contributed by atoms with Gasteiger partial charge in [0.05, 0.1) is 0 Å². The molecule has 1 aromatic rings. The number of nitrogens with two attached hydrogens (primary N) is 1. The molecule has 2 heterocycles. The van der Waals surface area contributed by atoms with Crippen molar-refractivity contribution in [2.24, 2.45) is 11.7 Å². The Hall–Kier alpha value is -1.56. The molecular formula is C15H23N3O2S.